The molecular weight excluding hydrogens is 314 g/mol. The molecule has 5 nitrogen and oxygen atoms in total. The normalized spacial score (nSPS) is 19.2. The Hall–Kier alpha value is -1.88. The molecule has 0 saturated carbocycles. The number of benzene rings is 1. The first-order valence-electron chi connectivity index (χ1n) is 9.55. The lowest BCUT2D eigenvalue weighted by molar-refractivity contribution is -0.136. The zero-order valence-electron chi connectivity index (χ0n) is 15.2. The maximum Gasteiger partial charge on any atom is 0.241 e. The molecule has 0 spiro atoms. The van der Waals surface area contributed by atoms with Crippen molar-refractivity contribution in [2.75, 3.05) is 44.2 Å². The largest absolute Gasteiger partial charge is 0.342 e. The standard InChI is InChI=1S/C20H29N3O2/c1-2-23(18-8-4-3-5-9-18)19(24)16-21-14-10-17(11-15-21)20(25)22-12-6-7-13-22/h3-5,8-9,17H,2,6-7,10-16H2,1H3. The molecule has 1 aromatic carbocycles. The van der Waals surface area contributed by atoms with Crippen LogP contribution in [0.25, 0.3) is 0 Å². The van der Waals surface area contributed by atoms with E-state index < -0.39 is 0 Å². The monoisotopic (exact) mass is 343 g/mol. The van der Waals surface area contributed by atoms with Gasteiger partial charge in [0.05, 0.1) is 6.54 Å². The Balaban J connectivity index is 1.49. The maximum absolute atomic E-state index is 12.7. The van der Waals surface area contributed by atoms with Crippen LogP contribution in [0.2, 0.25) is 0 Å². The van der Waals surface area contributed by atoms with Crippen LogP contribution in [0, 0.1) is 5.92 Å². The van der Waals surface area contributed by atoms with Crippen LogP contribution in [0.15, 0.2) is 30.3 Å². The van der Waals surface area contributed by atoms with Gasteiger partial charge in [-0.05, 0) is 57.8 Å². The van der Waals surface area contributed by atoms with Crippen LogP contribution in [-0.2, 0) is 9.59 Å². The van der Waals surface area contributed by atoms with Gasteiger partial charge in [-0.15, -0.1) is 0 Å². The van der Waals surface area contributed by atoms with Crippen LogP contribution >= 0.6 is 0 Å². The first-order chi connectivity index (χ1) is 12.2. The molecule has 0 atom stereocenters. The summed E-state index contributed by atoms with van der Waals surface area (Å²) in [5, 5.41) is 0. The third kappa shape index (κ3) is 4.40. The van der Waals surface area contributed by atoms with Gasteiger partial charge in [-0.1, -0.05) is 18.2 Å². The van der Waals surface area contributed by atoms with Gasteiger partial charge >= 0.3 is 0 Å². The number of rotatable bonds is 5. The summed E-state index contributed by atoms with van der Waals surface area (Å²) in [6, 6.07) is 9.83. The fourth-order valence-corrected chi connectivity index (χ4v) is 3.92. The second kappa shape index (κ2) is 8.48. The van der Waals surface area contributed by atoms with Crippen molar-refractivity contribution in [3.63, 3.8) is 0 Å². The number of hydrogen-bond acceptors (Lipinski definition) is 3. The topological polar surface area (TPSA) is 43.9 Å². The fraction of sp³-hybridized carbons (Fsp3) is 0.600. The highest BCUT2D eigenvalue weighted by Crippen LogP contribution is 2.22. The third-order valence-electron chi connectivity index (χ3n) is 5.40. The van der Waals surface area contributed by atoms with E-state index in [-0.39, 0.29) is 11.8 Å². The van der Waals surface area contributed by atoms with Gasteiger partial charge in [0.25, 0.3) is 0 Å². The molecule has 136 valence electrons. The van der Waals surface area contributed by atoms with Gasteiger partial charge in [0.15, 0.2) is 0 Å². The van der Waals surface area contributed by atoms with Crippen LogP contribution in [0.5, 0.6) is 0 Å². The van der Waals surface area contributed by atoms with E-state index >= 15 is 0 Å². The molecule has 25 heavy (non-hydrogen) atoms. The van der Waals surface area contributed by atoms with Crippen LogP contribution in [0.3, 0.4) is 0 Å². The zero-order valence-corrected chi connectivity index (χ0v) is 15.2. The summed E-state index contributed by atoms with van der Waals surface area (Å²) in [7, 11) is 0. The van der Waals surface area contributed by atoms with Crippen LogP contribution in [0.4, 0.5) is 5.69 Å². The third-order valence-corrected chi connectivity index (χ3v) is 5.40. The number of likely N-dealkylation sites (N-methyl/N-ethyl adjacent to an activating group) is 1. The fourth-order valence-electron chi connectivity index (χ4n) is 3.92. The Kier molecular flexibility index (Phi) is 6.08. The van der Waals surface area contributed by atoms with E-state index in [9.17, 15) is 9.59 Å². The van der Waals surface area contributed by atoms with Gasteiger partial charge in [-0.3, -0.25) is 14.5 Å². The molecule has 3 rings (SSSR count). The number of carbonyl (C=O) groups excluding carboxylic acids is 2. The van der Waals surface area contributed by atoms with E-state index in [1.54, 1.807) is 0 Å². The average molecular weight is 343 g/mol. The minimum atomic E-state index is 0.137. The van der Waals surface area contributed by atoms with Crippen LogP contribution < -0.4 is 4.90 Å². The zero-order chi connectivity index (χ0) is 17.6. The number of nitrogens with zero attached hydrogens (tertiary/aromatic N) is 3. The molecule has 0 radical (unpaired) electrons. The van der Waals surface area contributed by atoms with Crippen molar-refractivity contribution in [1.82, 2.24) is 9.80 Å². The molecule has 2 heterocycles. The van der Waals surface area contributed by atoms with Crippen molar-refractivity contribution in [2.24, 2.45) is 5.92 Å². The van der Waals surface area contributed by atoms with Crippen molar-refractivity contribution < 1.29 is 9.59 Å². The summed E-state index contributed by atoms with van der Waals surface area (Å²) in [6.07, 6.45) is 4.04. The van der Waals surface area contributed by atoms with Crippen molar-refractivity contribution >= 4 is 17.5 Å². The predicted molar refractivity (Wildman–Crippen MR) is 99.4 cm³/mol. The van der Waals surface area contributed by atoms with Gasteiger partial charge < -0.3 is 9.80 Å². The molecule has 0 aliphatic carbocycles. The first-order valence-corrected chi connectivity index (χ1v) is 9.55. The molecule has 1 aromatic rings. The molecule has 2 aliphatic rings. The van der Waals surface area contributed by atoms with E-state index in [2.05, 4.69) is 4.90 Å². The Labute approximate surface area is 150 Å². The van der Waals surface area contributed by atoms with Crippen molar-refractivity contribution in [2.45, 2.75) is 32.6 Å². The number of para-hydroxylation sites is 1. The van der Waals surface area contributed by atoms with Gasteiger partial charge in [-0.25, -0.2) is 0 Å². The quantitative estimate of drug-likeness (QED) is 0.824. The lowest BCUT2D eigenvalue weighted by Gasteiger charge is -2.33. The summed E-state index contributed by atoms with van der Waals surface area (Å²) in [6.45, 7) is 6.65. The molecule has 0 aromatic heterocycles. The number of carbonyl (C=O) groups is 2. The molecule has 5 heteroatoms. The Morgan fingerprint density at radius 2 is 1.68 bits per heavy atom. The second-order valence-electron chi connectivity index (χ2n) is 7.06. The second-order valence-corrected chi connectivity index (χ2v) is 7.06. The number of piperidine rings is 1. The molecule has 2 saturated heterocycles. The highest BCUT2D eigenvalue weighted by Gasteiger charge is 2.30. The van der Waals surface area contributed by atoms with Crippen molar-refractivity contribution in [1.29, 1.82) is 0 Å². The highest BCUT2D eigenvalue weighted by atomic mass is 16.2. The first kappa shape index (κ1) is 17.9. The average Bonchev–Trinajstić information content (AvgIpc) is 3.18. The molecule has 0 N–H and O–H groups in total. The van der Waals surface area contributed by atoms with Gasteiger partial charge in [0.2, 0.25) is 11.8 Å². The lowest BCUT2D eigenvalue weighted by Crippen LogP contribution is -2.46. The summed E-state index contributed by atoms with van der Waals surface area (Å²) < 4.78 is 0. The SMILES string of the molecule is CCN(C(=O)CN1CCC(C(=O)N2CCCC2)CC1)c1ccccc1. The predicted octanol–water partition coefficient (Wildman–Crippen LogP) is 2.37. The molecule has 0 bridgehead atoms. The minimum absolute atomic E-state index is 0.137. The highest BCUT2D eigenvalue weighted by molar-refractivity contribution is 5.94. The number of hydrogen-bond donors (Lipinski definition) is 0. The lowest BCUT2D eigenvalue weighted by atomic mass is 9.95. The molecular formula is C20H29N3O2. The Morgan fingerprint density at radius 3 is 2.28 bits per heavy atom. The van der Waals surface area contributed by atoms with E-state index in [0.717, 1.165) is 57.5 Å². The number of amides is 2. The van der Waals surface area contributed by atoms with E-state index in [0.29, 0.717) is 19.0 Å². The number of likely N-dealkylation sites (tertiary alicyclic amines) is 2. The summed E-state index contributed by atoms with van der Waals surface area (Å²) in [5.74, 6) is 0.627. The molecule has 2 aliphatic heterocycles. The van der Waals surface area contributed by atoms with Crippen molar-refractivity contribution in [3.05, 3.63) is 30.3 Å². The van der Waals surface area contributed by atoms with Crippen LogP contribution in [0.1, 0.15) is 32.6 Å². The van der Waals surface area contributed by atoms with Crippen LogP contribution in [-0.4, -0.2) is 60.9 Å². The van der Waals surface area contributed by atoms with Gasteiger partial charge in [0, 0.05) is 31.2 Å². The van der Waals surface area contributed by atoms with E-state index in [1.165, 1.54) is 0 Å². The molecule has 2 amide bonds. The molecule has 0 unspecified atom stereocenters. The van der Waals surface area contributed by atoms with Gasteiger partial charge in [0.1, 0.15) is 0 Å². The van der Waals surface area contributed by atoms with Crippen molar-refractivity contribution in [3.8, 4) is 0 Å². The Morgan fingerprint density at radius 1 is 1.04 bits per heavy atom. The smallest absolute Gasteiger partial charge is 0.241 e. The van der Waals surface area contributed by atoms with E-state index in [4.69, 9.17) is 0 Å². The summed E-state index contributed by atoms with van der Waals surface area (Å²) in [5.41, 5.74) is 0.953. The molecule has 2 fully saturated rings. The summed E-state index contributed by atoms with van der Waals surface area (Å²) in [4.78, 5) is 31.2. The minimum Gasteiger partial charge on any atom is -0.342 e. The maximum atomic E-state index is 12.7. The number of anilines is 1. The summed E-state index contributed by atoms with van der Waals surface area (Å²) >= 11 is 0. The van der Waals surface area contributed by atoms with Gasteiger partial charge in [-0.2, -0.15) is 0 Å². The Bertz CT molecular complexity index is 576. The van der Waals surface area contributed by atoms with E-state index in [1.807, 2.05) is 47.1 Å².